The number of ketones is 1. The number of hydrogen-bond donors (Lipinski definition) is 1. The summed E-state index contributed by atoms with van der Waals surface area (Å²) < 4.78 is 0. The predicted molar refractivity (Wildman–Crippen MR) is 155 cm³/mol. The van der Waals surface area contributed by atoms with Gasteiger partial charge in [-0.2, -0.15) is 0 Å². The van der Waals surface area contributed by atoms with Crippen LogP contribution in [0.15, 0.2) is 54.1 Å². The molecule has 1 saturated carbocycles. The predicted octanol–water partition coefficient (Wildman–Crippen LogP) is 4.82. The summed E-state index contributed by atoms with van der Waals surface area (Å²) in [6.07, 6.45) is 1.89. The van der Waals surface area contributed by atoms with Gasteiger partial charge in [0.2, 0.25) is 11.8 Å². The van der Waals surface area contributed by atoms with Crippen LogP contribution in [0.3, 0.4) is 0 Å². The molecule has 0 unspecified atom stereocenters. The van der Waals surface area contributed by atoms with Crippen LogP contribution in [0, 0.1) is 24.7 Å². The van der Waals surface area contributed by atoms with E-state index in [-0.39, 0.29) is 35.7 Å². The summed E-state index contributed by atoms with van der Waals surface area (Å²) in [5.74, 6) is -5.75. The fourth-order valence-electron chi connectivity index (χ4n) is 7.11. The Kier molecular flexibility index (Phi) is 6.52. The maximum atomic E-state index is 14.0. The van der Waals surface area contributed by atoms with E-state index in [0.717, 1.165) is 9.80 Å². The number of Topliss-reactive ketones (excluding diaryl/α,β-unsaturated/α-hetero) is 1. The molecular formula is C30H25BrCl2N2O6. The van der Waals surface area contributed by atoms with Crippen molar-refractivity contribution in [3.63, 3.8) is 0 Å². The zero-order chi connectivity index (χ0) is 29.6. The van der Waals surface area contributed by atoms with Crippen molar-refractivity contribution in [3.05, 3.63) is 70.8 Å². The molecule has 4 aliphatic rings. The molecule has 0 bridgehead atoms. The highest BCUT2D eigenvalue weighted by Crippen LogP contribution is 2.66. The number of phenols is 1. The summed E-state index contributed by atoms with van der Waals surface area (Å²) in [6.45, 7) is 3.14. The molecule has 41 heavy (non-hydrogen) atoms. The van der Waals surface area contributed by atoms with Gasteiger partial charge in [0.15, 0.2) is 15.5 Å². The molecule has 6 rings (SSSR count). The van der Waals surface area contributed by atoms with Gasteiger partial charge in [-0.15, -0.1) is 23.2 Å². The van der Waals surface area contributed by atoms with Gasteiger partial charge in [-0.3, -0.25) is 33.8 Å². The molecule has 2 aromatic rings. The first-order chi connectivity index (χ1) is 19.4. The fraction of sp³-hybridized carbons (Fsp3) is 0.367. The quantitative estimate of drug-likeness (QED) is 0.166. The second-order valence-corrected chi connectivity index (χ2v) is 12.9. The number of hydrogen-bond acceptors (Lipinski definition) is 6. The molecule has 0 spiro atoms. The summed E-state index contributed by atoms with van der Waals surface area (Å²) in [6, 6.07) is 11.3. The second-order valence-electron chi connectivity index (χ2n) is 11.1. The number of nitrogens with zero attached hydrogens (tertiary/aromatic N) is 2. The number of rotatable bonds is 4. The third-order valence-corrected chi connectivity index (χ3v) is 11.0. The average molecular weight is 660 g/mol. The number of phenolic OH excluding ortho intramolecular Hbond substituents is 1. The fourth-order valence-corrected chi connectivity index (χ4v) is 8.53. The number of likely N-dealkylation sites (tertiary alicyclic amines) is 1. The van der Waals surface area contributed by atoms with Gasteiger partial charge in [-0.1, -0.05) is 45.8 Å². The molecule has 212 valence electrons. The van der Waals surface area contributed by atoms with Crippen molar-refractivity contribution < 1.29 is 29.1 Å². The van der Waals surface area contributed by atoms with Crippen LogP contribution in [0.2, 0.25) is 0 Å². The molecular weight excluding hydrogens is 635 g/mol. The zero-order valence-electron chi connectivity index (χ0n) is 22.1. The standard InChI is InChI=1S/C30H25BrCl2N2O6/c1-14-4-3-5-20(24(14)37)23-18-10-11-19-22(21(18)12-29(32)27(40)34(13-31)28(41)30(23,29)33)26(39)35(25(19)38)17-8-6-16(7-9-17)15(2)36/h3-10,19,21-23,37H,11-13H2,1-2H3/t19-,21+,22-,23+,29+,30-/m0/s1. The Hall–Kier alpha value is -3.01. The number of carbonyl (C=O) groups is 5. The zero-order valence-corrected chi connectivity index (χ0v) is 25.2. The van der Waals surface area contributed by atoms with Crippen molar-refractivity contribution in [2.24, 2.45) is 17.8 Å². The Morgan fingerprint density at radius 2 is 1.71 bits per heavy atom. The number of benzene rings is 2. The van der Waals surface area contributed by atoms with Crippen LogP contribution in [-0.4, -0.2) is 54.6 Å². The molecule has 2 saturated heterocycles. The normalized spacial score (nSPS) is 32.6. The van der Waals surface area contributed by atoms with Gasteiger partial charge in [0, 0.05) is 17.0 Å². The SMILES string of the molecule is CC(=O)c1ccc(N2C(=O)[C@H]3[C@H](CC=C4[C@H]3C[C@@]3(Cl)C(=O)N(CBr)C(=O)[C@@]3(Cl)[C@H]4c3cccc(C)c3O)C2=O)cc1. The van der Waals surface area contributed by atoms with Crippen molar-refractivity contribution in [2.75, 3.05) is 10.4 Å². The molecule has 0 radical (unpaired) electrons. The Morgan fingerprint density at radius 3 is 2.34 bits per heavy atom. The molecule has 2 aromatic carbocycles. The summed E-state index contributed by atoms with van der Waals surface area (Å²) in [5, 5.41) is 11.2. The smallest absolute Gasteiger partial charge is 0.254 e. The van der Waals surface area contributed by atoms with Crippen molar-refractivity contribution >= 4 is 74.2 Å². The summed E-state index contributed by atoms with van der Waals surface area (Å²) in [4.78, 5) is 65.1. The van der Waals surface area contributed by atoms with Crippen LogP contribution < -0.4 is 4.90 Å². The Labute approximate surface area is 254 Å². The number of amides is 4. The van der Waals surface area contributed by atoms with Crippen molar-refractivity contribution in [1.29, 1.82) is 0 Å². The van der Waals surface area contributed by atoms with E-state index in [2.05, 4.69) is 15.9 Å². The molecule has 8 nitrogen and oxygen atoms in total. The molecule has 11 heteroatoms. The number of imide groups is 2. The maximum absolute atomic E-state index is 14.0. The van der Waals surface area contributed by atoms with Crippen LogP contribution in [-0.2, 0) is 19.2 Å². The molecule has 4 amide bonds. The van der Waals surface area contributed by atoms with Crippen LogP contribution >= 0.6 is 39.1 Å². The van der Waals surface area contributed by atoms with Crippen LogP contribution in [0.4, 0.5) is 5.69 Å². The molecule has 2 aliphatic heterocycles. The van der Waals surface area contributed by atoms with Gasteiger partial charge in [-0.05, 0) is 62.4 Å². The number of halogens is 3. The summed E-state index contributed by atoms with van der Waals surface area (Å²) in [5.41, 5.74) is 2.13. The van der Waals surface area contributed by atoms with E-state index in [1.165, 1.54) is 6.92 Å². The van der Waals surface area contributed by atoms with E-state index in [9.17, 15) is 29.1 Å². The molecule has 0 aromatic heterocycles. The van der Waals surface area contributed by atoms with Gasteiger partial charge in [0.25, 0.3) is 11.8 Å². The minimum absolute atomic E-state index is 0.0845. The first-order valence-electron chi connectivity index (χ1n) is 13.2. The van der Waals surface area contributed by atoms with E-state index in [1.54, 1.807) is 49.4 Å². The lowest BCUT2D eigenvalue weighted by molar-refractivity contribution is -0.138. The van der Waals surface area contributed by atoms with Gasteiger partial charge in [0.1, 0.15) is 5.75 Å². The minimum atomic E-state index is -1.98. The average Bonchev–Trinajstić information content (AvgIpc) is 3.28. The lowest BCUT2D eigenvalue weighted by Gasteiger charge is -2.50. The third-order valence-electron chi connectivity index (χ3n) is 9.13. The number of allylic oxidation sites excluding steroid dienone is 2. The molecule has 1 N–H and O–H groups in total. The van der Waals surface area contributed by atoms with Crippen molar-refractivity contribution in [1.82, 2.24) is 4.90 Å². The van der Waals surface area contributed by atoms with E-state index < -0.39 is 51.1 Å². The Balaban J connectivity index is 1.50. The van der Waals surface area contributed by atoms with Gasteiger partial charge < -0.3 is 5.11 Å². The first kappa shape index (κ1) is 28.1. The third kappa shape index (κ3) is 3.61. The number of para-hydroxylation sites is 1. The maximum Gasteiger partial charge on any atom is 0.254 e. The van der Waals surface area contributed by atoms with Gasteiger partial charge in [-0.25, -0.2) is 0 Å². The number of carbonyl (C=O) groups excluding carboxylic acids is 5. The monoisotopic (exact) mass is 658 g/mol. The minimum Gasteiger partial charge on any atom is -0.507 e. The van der Waals surface area contributed by atoms with Crippen molar-refractivity contribution in [3.8, 4) is 5.75 Å². The van der Waals surface area contributed by atoms with Crippen LogP contribution in [0.1, 0.15) is 47.2 Å². The second kappa shape index (κ2) is 9.51. The van der Waals surface area contributed by atoms with Crippen LogP contribution in [0.5, 0.6) is 5.75 Å². The topological polar surface area (TPSA) is 112 Å². The molecule has 6 atom stereocenters. The Morgan fingerprint density at radius 1 is 1.02 bits per heavy atom. The molecule has 3 fully saturated rings. The van der Waals surface area contributed by atoms with Crippen molar-refractivity contribution in [2.45, 2.75) is 42.4 Å². The summed E-state index contributed by atoms with van der Waals surface area (Å²) >= 11 is 17.6. The van der Waals surface area contributed by atoms with Crippen LogP contribution in [0.25, 0.3) is 0 Å². The number of anilines is 1. The molecule has 2 heterocycles. The number of alkyl halides is 3. The van der Waals surface area contributed by atoms with Gasteiger partial charge in [0.05, 0.1) is 23.0 Å². The van der Waals surface area contributed by atoms with E-state index >= 15 is 0 Å². The highest BCUT2D eigenvalue weighted by Gasteiger charge is 2.76. The number of fused-ring (bicyclic) bond motifs is 4. The first-order valence-corrected chi connectivity index (χ1v) is 15.0. The molecule has 2 aliphatic carbocycles. The van der Waals surface area contributed by atoms with E-state index in [4.69, 9.17) is 23.2 Å². The van der Waals surface area contributed by atoms with Gasteiger partial charge >= 0.3 is 0 Å². The van der Waals surface area contributed by atoms with E-state index in [0.29, 0.717) is 28.0 Å². The number of aromatic hydroxyl groups is 1. The largest absolute Gasteiger partial charge is 0.507 e. The lowest BCUT2D eigenvalue weighted by atomic mass is 9.56. The highest BCUT2D eigenvalue weighted by molar-refractivity contribution is 9.09. The van der Waals surface area contributed by atoms with E-state index in [1.807, 2.05) is 6.08 Å². The summed E-state index contributed by atoms with van der Waals surface area (Å²) in [7, 11) is 0. The lowest BCUT2D eigenvalue weighted by Crippen LogP contribution is -2.60. The highest BCUT2D eigenvalue weighted by atomic mass is 79.9. The Bertz CT molecular complexity index is 1590. The number of aryl methyl sites for hydroxylation is 1.